The SMILES string of the molecule is COc1cc(OC)c(F)c(N2Cc3cnc4[nH]c(C=O)cc4c3N(C)C2=O)c1. The Morgan fingerprint density at radius 2 is 2.04 bits per heavy atom. The Kier molecular flexibility index (Phi) is 4.14. The Hall–Kier alpha value is -3.62. The van der Waals surface area contributed by atoms with E-state index in [1.54, 1.807) is 19.3 Å². The van der Waals surface area contributed by atoms with Gasteiger partial charge in [0.25, 0.3) is 0 Å². The highest BCUT2D eigenvalue weighted by molar-refractivity contribution is 6.11. The number of benzene rings is 1. The molecule has 0 aliphatic carbocycles. The van der Waals surface area contributed by atoms with Crippen molar-refractivity contribution < 1.29 is 23.5 Å². The molecule has 4 rings (SSSR count). The van der Waals surface area contributed by atoms with Crippen LogP contribution >= 0.6 is 0 Å². The topological polar surface area (TPSA) is 87.8 Å². The number of fused-ring (bicyclic) bond motifs is 3. The maximum Gasteiger partial charge on any atom is 0.329 e. The average molecular weight is 384 g/mol. The largest absolute Gasteiger partial charge is 0.497 e. The molecule has 2 amide bonds. The standard InChI is InChI=1S/C19H17FN4O4/c1-23-17-10(7-21-18-13(17)4-11(9-25)22-18)8-24(19(23)26)14-5-12(27-2)6-15(28-3)16(14)20/h4-7,9H,8H2,1-3H3,(H,21,22). The van der Waals surface area contributed by atoms with Gasteiger partial charge in [0.05, 0.1) is 37.8 Å². The number of aromatic nitrogens is 2. The van der Waals surface area contributed by atoms with Crippen LogP contribution in [-0.2, 0) is 6.54 Å². The third-order valence-corrected chi connectivity index (χ3v) is 4.78. The van der Waals surface area contributed by atoms with Crippen LogP contribution in [0.3, 0.4) is 0 Å². The van der Waals surface area contributed by atoms with Crippen LogP contribution in [0, 0.1) is 5.82 Å². The predicted octanol–water partition coefficient (Wildman–Crippen LogP) is 3.11. The number of aldehydes is 1. The molecule has 0 spiro atoms. The van der Waals surface area contributed by atoms with Crippen LogP contribution in [0.1, 0.15) is 16.1 Å². The molecular weight excluding hydrogens is 367 g/mol. The van der Waals surface area contributed by atoms with Crippen molar-refractivity contribution in [2.45, 2.75) is 6.54 Å². The van der Waals surface area contributed by atoms with Gasteiger partial charge in [0, 0.05) is 36.3 Å². The van der Waals surface area contributed by atoms with E-state index in [0.29, 0.717) is 40.0 Å². The Bertz CT molecular complexity index is 1110. The van der Waals surface area contributed by atoms with E-state index in [1.807, 2.05) is 0 Å². The highest BCUT2D eigenvalue weighted by atomic mass is 19.1. The molecule has 0 atom stereocenters. The van der Waals surface area contributed by atoms with E-state index in [0.717, 1.165) is 0 Å². The summed E-state index contributed by atoms with van der Waals surface area (Å²) in [5.74, 6) is -0.317. The van der Waals surface area contributed by atoms with Crippen LogP contribution < -0.4 is 19.3 Å². The van der Waals surface area contributed by atoms with Gasteiger partial charge < -0.3 is 14.5 Å². The van der Waals surface area contributed by atoms with Gasteiger partial charge in [-0.2, -0.15) is 0 Å². The van der Waals surface area contributed by atoms with Crippen molar-refractivity contribution in [1.82, 2.24) is 9.97 Å². The zero-order chi connectivity index (χ0) is 20.0. The summed E-state index contributed by atoms with van der Waals surface area (Å²) in [7, 11) is 4.39. The van der Waals surface area contributed by atoms with Crippen LogP contribution in [0.4, 0.5) is 20.6 Å². The molecule has 1 aliphatic rings. The van der Waals surface area contributed by atoms with Crippen LogP contribution in [0.5, 0.6) is 11.5 Å². The maximum atomic E-state index is 14.9. The molecule has 144 valence electrons. The minimum Gasteiger partial charge on any atom is -0.497 e. The molecule has 0 saturated carbocycles. The van der Waals surface area contributed by atoms with Crippen molar-refractivity contribution >= 4 is 34.7 Å². The number of nitrogens with one attached hydrogen (secondary N) is 1. The number of nitrogens with zero attached hydrogens (tertiary/aromatic N) is 3. The number of aromatic amines is 1. The first-order chi connectivity index (χ1) is 13.5. The van der Waals surface area contributed by atoms with Crippen molar-refractivity contribution in [1.29, 1.82) is 0 Å². The maximum absolute atomic E-state index is 14.9. The predicted molar refractivity (Wildman–Crippen MR) is 101 cm³/mol. The van der Waals surface area contributed by atoms with Crippen LogP contribution in [-0.4, -0.2) is 43.6 Å². The highest BCUT2D eigenvalue weighted by Crippen LogP contribution is 2.39. The summed E-state index contributed by atoms with van der Waals surface area (Å²) in [5, 5.41) is 0.652. The first kappa shape index (κ1) is 17.8. The number of hydrogen-bond acceptors (Lipinski definition) is 5. The number of H-pyrrole nitrogens is 1. The monoisotopic (exact) mass is 384 g/mol. The second kappa shape index (κ2) is 6.52. The summed E-state index contributed by atoms with van der Waals surface area (Å²) >= 11 is 0. The number of urea groups is 1. The van der Waals surface area contributed by atoms with Crippen molar-refractivity contribution in [2.24, 2.45) is 0 Å². The van der Waals surface area contributed by atoms with E-state index in [1.165, 1.54) is 36.2 Å². The molecule has 3 aromatic rings. The number of ether oxygens (including phenoxy) is 2. The Morgan fingerprint density at radius 3 is 2.71 bits per heavy atom. The second-order valence-electron chi connectivity index (χ2n) is 6.33. The third-order valence-electron chi connectivity index (χ3n) is 4.78. The molecule has 0 radical (unpaired) electrons. The molecule has 3 heterocycles. The summed E-state index contributed by atoms with van der Waals surface area (Å²) in [5.41, 5.74) is 2.26. The molecule has 1 aliphatic heterocycles. The van der Waals surface area contributed by atoms with Gasteiger partial charge in [-0.15, -0.1) is 0 Å². The summed E-state index contributed by atoms with van der Waals surface area (Å²) in [6.07, 6.45) is 2.29. The number of hydrogen-bond donors (Lipinski definition) is 1. The smallest absolute Gasteiger partial charge is 0.329 e. The normalized spacial score (nSPS) is 13.6. The summed E-state index contributed by atoms with van der Waals surface area (Å²) in [6, 6.07) is 4.07. The molecule has 8 nitrogen and oxygen atoms in total. The molecule has 28 heavy (non-hydrogen) atoms. The molecule has 9 heteroatoms. The lowest BCUT2D eigenvalue weighted by Gasteiger charge is -2.35. The number of methoxy groups -OCH3 is 2. The quantitative estimate of drug-likeness (QED) is 0.699. The molecule has 1 N–H and O–H groups in total. The van der Waals surface area contributed by atoms with Crippen molar-refractivity contribution in [3.05, 3.63) is 41.5 Å². The molecule has 1 aromatic carbocycles. The number of anilines is 2. The number of carbonyl (C=O) groups is 2. The van der Waals surface area contributed by atoms with E-state index >= 15 is 0 Å². The van der Waals surface area contributed by atoms with Gasteiger partial charge in [-0.3, -0.25) is 14.6 Å². The van der Waals surface area contributed by atoms with E-state index in [4.69, 9.17) is 9.47 Å². The summed E-state index contributed by atoms with van der Waals surface area (Å²) in [4.78, 5) is 34.1. The van der Waals surface area contributed by atoms with Gasteiger partial charge in [-0.25, -0.2) is 14.2 Å². The number of amides is 2. The van der Waals surface area contributed by atoms with E-state index in [-0.39, 0.29) is 18.0 Å². The Morgan fingerprint density at radius 1 is 1.25 bits per heavy atom. The molecule has 0 unspecified atom stereocenters. The van der Waals surface area contributed by atoms with Crippen LogP contribution in [0.15, 0.2) is 24.4 Å². The fraction of sp³-hybridized carbons (Fsp3) is 0.211. The summed E-state index contributed by atoms with van der Waals surface area (Å²) < 4.78 is 25.2. The lowest BCUT2D eigenvalue weighted by molar-refractivity contribution is 0.111. The van der Waals surface area contributed by atoms with Crippen molar-refractivity contribution in [3.63, 3.8) is 0 Å². The molecule has 0 bridgehead atoms. The van der Waals surface area contributed by atoms with Gasteiger partial charge in [0.15, 0.2) is 17.9 Å². The van der Waals surface area contributed by atoms with Gasteiger partial charge in [-0.1, -0.05) is 0 Å². The molecule has 0 fully saturated rings. The first-order valence-electron chi connectivity index (χ1n) is 8.41. The fourth-order valence-electron chi connectivity index (χ4n) is 3.42. The van der Waals surface area contributed by atoms with E-state index in [9.17, 15) is 14.0 Å². The highest BCUT2D eigenvalue weighted by Gasteiger charge is 2.33. The van der Waals surface area contributed by atoms with Crippen LogP contribution in [0.2, 0.25) is 0 Å². The fourth-order valence-corrected chi connectivity index (χ4v) is 3.42. The second-order valence-corrected chi connectivity index (χ2v) is 6.33. The van der Waals surface area contributed by atoms with Gasteiger partial charge in [0.2, 0.25) is 0 Å². The molecule has 0 saturated heterocycles. The number of carbonyl (C=O) groups excluding carboxylic acids is 2. The van der Waals surface area contributed by atoms with Crippen LogP contribution in [0.25, 0.3) is 11.0 Å². The van der Waals surface area contributed by atoms with E-state index < -0.39 is 11.8 Å². The number of pyridine rings is 1. The third kappa shape index (κ3) is 2.55. The number of rotatable bonds is 4. The minimum atomic E-state index is -0.660. The lowest BCUT2D eigenvalue weighted by atomic mass is 10.1. The average Bonchev–Trinajstić information content (AvgIpc) is 3.14. The zero-order valence-electron chi connectivity index (χ0n) is 15.4. The summed E-state index contributed by atoms with van der Waals surface area (Å²) in [6.45, 7) is 0.107. The minimum absolute atomic E-state index is 0.0227. The lowest BCUT2D eigenvalue weighted by Crippen LogP contribution is -2.45. The zero-order valence-corrected chi connectivity index (χ0v) is 15.4. The van der Waals surface area contributed by atoms with Crippen molar-refractivity contribution in [2.75, 3.05) is 31.1 Å². The van der Waals surface area contributed by atoms with Crippen molar-refractivity contribution in [3.8, 4) is 11.5 Å². The molecule has 2 aromatic heterocycles. The number of halogens is 1. The van der Waals surface area contributed by atoms with Gasteiger partial charge >= 0.3 is 6.03 Å². The first-order valence-corrected chi connectivity index (χ1v) is 8.41. The Balaban J connectivity index is 1.86. The van der Waals surface area contributed by atoms with Gasteiger partial charge in [-0.05, 0) is 6.07 Å². The molecular formula is C19H17FN4O4. The Labute approximate surface area is 159 Å². The van der Waals surface area contributed by atoms with Gasteiger partial charge in [0.1, 0.15) is 11.4 Å². The van der Waals surface area contributed by atoms with E-state index in [2.05, 4.69) is 9.97 Å².